The lowest BCUT2D eigenvalue weighted by Crippen LogP contribution is -2.46. The van der Waals surface area contributed by atoms with Crippen LogP contribution in [0.25, 0.3) is 0 Å². The number of hydrogen-bond acceptors (Lipinski definition) is 5. The number of nitrogens with two attached hydrogens (primary N) is 1. The van der Waals surface area contributed by atoms with E-state index in [1.54, 1.807) is 0 Å². The van der Waals surface area contributed by atoms with E-state index < -0.39 is 5.60 Å². The summed E-state index contributed by atoms with van der Waals surface area (Å²) in [6, 6.07) is 0. The molecule has 0 spiro atoms. The Labute approximate surface area is 116 Å². The second-order valence-corrected chi connectivity index (χ2v) is 5.69. The number of carbonyl (C=O) groups is 1. The summed E-state index contributed by atoms with van der Waals surface area (Å²) in [5, 5.41) is 19.8. The Balaban J connectivity index is 1.61. The summed E-state index contributed by atoms with van der Waals surface area (Å²) in [6.07, 6.45) is 3.23. The van der Waals surface area contributed by atoms with E-state index in [1.165, 1.54) is 0 Å². The zero-order valence-corrected chi connectivity index (χ0v) is 11.3. The average molecular weight is 280 g/mol. The molecule has 5 N–H and O–H groups in total. The van der Waals surface area contributed by atoms with Crippen LogP contribution in [-0.4, -0.2) is 46.6 Å². The zero-order valence-electron chi connectivity index (χ0n) is 11.3. The first-order valence-corrected chi connectivity index (χ1v) is 7.01. The topological polar surface area (TPSA) is 113 Å². The minimum Gasteiger partial charge on any atom is -0.395 e. The standard InChI is InChI=1S/C13H20N4O3/c14-9-10(8-1-2-8)16-17-11(9)12(18)15-7-13(19)3-5-20-6-4-13/h8,19H,1-7,14H2,(H,15,18)(H,16,17). The summed E-state index contributed by atoms with van der Waals surface area (Å²) in [7, 11) is 0. The normalized spacial score (nSPS) is 21.6. The number of hydrogen-bond donors (Lipinski definition) is 4. The summed E-state index contributed by atoms with van der Waals surface area (Å²) < 4.78 is 5.20. The molecule has 20 heavy (non-hydrogen) atoms. The van der Waals surface area contributed by atoms with Crippen LogP contribution in [-0.2, 0) is 4.74 Å². The summed E-state index contributed by atoms with van der Waals surface area (Å²) in [4.78, 5) is 12.1. The SMILES string of the molecule is Nc1c(C(=O)NCC2(O)CCOCC2)n[nH]c1C1CC1. The fourth-order valence-corrected chi connectivity index (χ4v) is 2.48. The van der Waals surface area contributed by atoms with Gasteiger partial charge >= 0.3 is 0 Å². The molecule has 1 aliphatic heterocycles. The van der Waals surface area contributed by atoms with Crippen molar-refractivity contribution >= 4 is 11.6 Å². The van der Waals surface area contributed by atoms with E-state index in [0.29, 0.717) is 37.7 Å². The number of H-pyrrole nitrogens is 1. The van der Waals surface area contributed by atoms with Crippen molar-refractivity contribution in [3.05, 3.63) is 11.4 Å². The highest BCUT2D eigenvalue weighted by Crippen LogP contribution is 2.42. The molecule has 7 heteroatoms. The van der Waals surface area contributed by atoms with Gasteiger partial charge in [-0.3, -0.25) is 9.89 Å². The molecule has 0 aromatic carbocycles. The van der Waals surface area contributed by atoms with Crippen LogP contribution in [0.4, 0.5) is 5.69 Å². The van der Waals surface area contributed by atoms with Crippen LogP contribution in [0.5, 0.6) is 0 Å². The Kier molecular flexibility index (Phi) is 3.39. The molecule has 1 aromatic heterocycles. The number of aromatic nitrogens is 2. The van der Waals surface area contributed by atoms with Gasteiger partial charge in [-0.15, -0.1) is 0 Å². The van der Waals surface area contributed by atoms with E-state index in [9.17, 15) is 9.90 Å². The Bertz CT molecular complexity index is 504. The van der Waals surface area contributed by atoms with Gasteiger partial charge in [-0.1, -0.05) is 0 Å². The number of aromatic amines is 1. The van der Waals surface area contributed by atoms with Gasteiger partial charge in [0.25, 0.3) is 5.91 Å². The fraction of sp³-hybridized carbons (Fsp3) is 0.692. The van der Waals surface area contributed by atoms with E-state index >= 15 is 0 Å². The average Bonchev–Trinajstić information content (AvgIpc) is 3.20. The maximum absolute atomic E-state index is 12.1. The second kappa shape index (κ2) is 5.06. The number of anilines is 1. The minimum atomic E-state index is -0.891. The molecule has 2 heterocycles. The maximum atomic E-state index is 12.1. The molecule has 1 saturated carbocycles. The van der Waals surface area contributed by atoms with Crippen LogP contribution < -0.4 is 11.1 Å². The number of nitrogens with one attached hydrogen (secondary N) is 2. The van der Waals surface area contributed by atoms with Gasteiger partial charge in [-0.25, -0.2) is 0 Å². The van der Waals surface area contributed by atoms with E-state index in [-0.39, 0.29) is 18.1 Å². The lowest BCUT2D eigenvalue weighted by atomic mass is 9.94. The van der Waals surface area contributed by atoms with E-state index in [4.69, 9.17) is 10.5 Å². The summed E-state index contributed by atoms with van der Waals surface area (Å²) in [5.74, 6) is 0.0781. The number of carbonyl (C=O) groups excluding carboxylic acids is 1. The van der Waals surface area contributed by atoms with Crippen molar-refractivity contribution in [2.45, 2.75) is 37.2 Å². The van der Waals surface area contributed by atoms with Crippen molar-refractivity contribution < 1.29 is 14.6 Å². The number of nitrogen functional groups attached to an aromatic ring is 1. The molecule has 7 nitrogen and oxygen atoms in total. The van der Waals surface area contributed by atoms with Gasteiger partial charge in [-0.2, -0.15) is 5.10 Å². The molecule has 1 saturated heterocycles. The monoisotopic (exact) mass is 280 g/mol. The smallest absolute Gasteiger partial charge is 0.274 e. The highest BCUT2D eigenvalue weighted by atomic mass is 16.5. The summed E-state index contributed by atoms with van der Waals surface area (Å²) in [5.41, 5.74) is 6.58. The predicted molar refractivity (Wildman–Crippen MR) is 72.3 cm³/mol. The van der Waals surface area contributed by atoms with Crippen molar-refractivity contribution in [1.82, 2.24) is 15.5 Å². The Morgan fingerprint density at radius 1 is 1.50 bits per heavy atom. The molecular weight excluding hydrogens is 260 g/mol. The highest BCUT2D eigenvalue weighted by Gasteiger charge is 2.32. The fourth-order valence-electron chi connectivity index (χ4n) is 2.48. The summed E-state index contributed by atoms with van der Waals surface area (Å²) >= 11 is 0. The molecular formula is C13H20N4O3. The van der Waals surface area contributed by atoms with Crippen molar-refractivity contribution in [2.75, 3.05) is 25.5 Å². The van der Waals surface area contributed by atoms with Gasteiger partial charge in [0.1, 0.15) is 0 Å². The Hall–Kier alpha value is -1.60. The number of aliphatic hydroxyl groups is 1. The first-order valence-electron chi connectivity index (χ1n) is 7.01. The molecule has 2 fully saturated rings. The van der Waals surface area contributed by atoms with Gasteiger partial charge in [0.05, 0.1) is 17.0 Å². The van der Waals surface area contributed by atoms with E-state index in [1.807, 2.05) is 0 Å². The molecule has 0 bridgehead atoms. The van der Waals surface area contributed by atoms with Crippen LogP contribution in [0.1, 0.15) is 47.8 Å². The number of ether oxygens (including phenoxy) is 1. The van der Waals surface area contributed by atoms with E-state index in [2.05, 4.69) is 15.5 Å². The van der Waals surface area contributed by atoms with Gasteiger partial charge < -0.3 is 20.9 Å². The molecule has 1 aliphatic carbocycles. The van der Waals surface area contributed by atoms with Crippen molar-refractivity contribution in [1.29, 1.82) is 0 Å². The summed E-state index contributed by atoms with van der Waals surface area (Å²) in [6.45, 7) is 1.23. The quantitative estimate of drug-likeness (QED) is 0.626. The second-order valence-electron chi connectivity index (χ2n) is 5.69. The van der Waals surface area contributed by atoms with Gasteiger partial charge in [0.2, 0.25) is 0 Å². The van der Waals surface area contributed by atoms with Gasteiger partial charge in [0, 0.05) is 38.5 Å². The van der Waals surface area contributed by atoms with Crippen LogP contribution in [0, 0.1) is 0 Å². The Morgan fingerprint density at radius 2 is 2.20 bits per heavy atom. The maximum Gasteiger partial charge on any atom is 0.274 e. The highest BCUT2D eigenvalue weighted by molar-refractivity contribution is 5.97. The molecule has 1 amide bonds. The van der Waals surface area contributed by atoms with Gasteiger partial charge in [-0.05, 0) is 12.8 Å². The lowest BCUT2D eigenvalue weighted by molar-refractivity contribution is -0.0605. The predicted octanol–water partition coefficient (Wildman–Crippen LogP) is 0.141. The van der Waals surface area contributed by atoms with Crippen LogP contribution in [0.2, 0.25) is 0 Å². The number of rotatable bonds is 4. The largest absolute Gasteiger partial charge is 0.395 e. The van der Waals surface area contributed by atoms with Crippen molar-refractivity contribution in [3.8, 4) is 0 Å². The molecule has 0 unspecified atom stereocenters. The van der Waals surface area contributed by atoms with Crippen molar-refractivity contribution in [3.63, 3.8) is 0 Å². The molecule has 0 atom stereocenters. The molecule has 1 aromatic rings. The zero-order chi connectivity index (χ0) is 14.2. The molecule has 2 aliphatic rings. The molecule has 110 valence electrons. The minimum absolute atomic E-state index is 0.195. The third kappa shape index (κ3) is 2.64. The van der Waals surface area contributed by atoms with Crippen LogP contribution >= 0.6 is 0 Å². The van der Waals surface area contributed by atoms with Gasteiger partial charge in [0.15, 0.2) is 5.69 Å². The first-order chi connectivity index (χ1) is 9.59. The molecule has 0 radical (unpaired) electrons. The first kappa shape index (κ1) is 13.4. The molecule has 3 rings (SSSR count). The van der Waals surface area contributed by atoms with E-state index in [0.717, 1.165) is 18.5 Å². The third-order valence-electron chi connectivity index (χ3n) is 4.04. The third-order valence-corrected chi connectivity index (χ3v) is 4.04. The Morgan fingerprint density at radius 3 is 2.85 bits per heavy atom. The number of amides is 1. The lowest BCUT2D eigenvalue weighted by Gasteiger charge is -2.31. The van der Waals surface area contributed by atoms with Crippen LogP contribution in [0.15, 0.2) is 0 Å². The van der Waals surface area contributed by atoms with Crippen LogP contribution in [0.3, 0.4) is 0 Å². The van der Waals surface area contributed by atoms with Crippen molar-refractivity contribution in [2.24, 2.45) is 0 Å². The number of nitrogens with zero attached hydrogens (tertiary/aromatic N) is 1.